The summed E-state index contributed by atoms with van der Waals surface area (Å²) in [5.41, 5.74) is 0.506. The SMILES string of the molecule is O=C(O)c1cc(O)cc(NC2=NC[CH]CN2)c1. The van der Waals surface area contributed by atoms with Crippen molar-refractivity contribution >= 4 is 17.6 Å². The van der Waals surface area contributed by atoms with Crippen LogP contribution in [0, 0.1) is 6.42 Å². The van der Waals surface area contributed by atoms with Gasteiger partial charge in [-0.05, 0) is 12.1 Å². The van der Waals surface area contributed by atoms with Gasteiger partial charge in [0.15, 0.2) is 5.96 Å². The smallest absolute Gasteiger partial charge is 0.335 e. The highest BCUT2D eigenvalue weighted by atomic mass is 16.4. The summed E-state index contributed by atoms with van der Waals surface area (Å²) >= 11 is 0. The molecule has 0 atom stereocenters. The second-order valence-electron chi connectivity index (χ2n) is 3.56. The first-order chi connectivity index (χ1) is 8.15. The molecule has 1 aliphatic heterocycles. The van der Waals surface area contributed by atoms with Crippen LogP contribution in [0.5, 0.6) is 5.75 Å². The highest BCUT2D eigenvalue weighted by Crippen LogP contribution is 2.19. The molecule has 0 aliphatic carbocycles. The minimum Gasteiger partial charge on any atom is -0.508 e. The normalized spacial score (nSPS) is 14.7. The molecule has 0 spiro atoms. The van der Waals surface area contributed by atoms with Crippen LogP contribution < -0.4 is 10.6 Å². The predicted molar refractivity (Wildman–Crippen MR) is 63.3 cm³/mol. The lowest BCUT2D eigenvalue weighted by molar-refractivity contribution is 0.0696. The largest absolute Gasteiger partial charge is 0.508 e. The van der Waals surface area contributed by atoms with Crippen molar-refractivity contribution < 1.29 is 15.0 Å². The minimum absolute atomic E-state index is 0.0236. The Balaban J connectivity index is 2.20. The first-order valence-corrected chi connectivity index (χ1v) is 5.09. The van der Waals surface area contributed by atoms with E-state index in [1.165, 1.54) is 18.2 Å². The topological polar surface area (TPSA) is 94.0 Å². The van der Waals surface area contributed by atoms with Crippen LogP contribution >= 0.6 is 0 Å². The third-order valence-electron chi connectivity index (χ3n) is 2.22. The van der Waals surface area contributed by atoms with Crippen LogP contribution in [0.4, 0.5) is 5.69 Å². The van der Waals surface area contributed by atoms with Gasteiger partial charge in [0, 0.05) is 31.3 Å². The first-order valence-electron chi connectivity index (χ1n) is 5.09. The summed E-state index contributed by atoms with van der Waals surface area (Å²) in [4.78, 5) is 14.9. The van der Waals surface area contributed by atoms with Gasteiger partial charge in [-0.15, -0.1) is 0 Å². The zero-order valence-electron chi connectivity index (χ0n) is 8.97. The summed E-state index contributed by atoms with van der Waals surface area (Å²) in [6.45, 7) is 1.32. The van der Waals surface area contributed by atoms with E-state index < -0.39 is 5.97 Å². The Morgan fingerprint density at radius 3 is 2.88 bits per heavy atom. The number of aromatic carboxylic acids is 1. The standard InChI is InChI=1S/C11H12N3O3/c15-9-5-7(10(16)17)4-8(6-9)14-11-12-2-1-3-13-11/h1,4-6,15H,2-3H2,(H,16,17)(H2,12,13,14). The van der Waals surface area contributed by atoms with Crippen LogP contribution in [0.15, 0.2) is 23.2 Å². The Labute approximate surface area is 98.0 Å². The lowest BCUT2D eigenvalue weighted by Gasteiger charge is -2.16. The number of anilines is 1. The number of carboxylic acids is 1. The van der Waals surface area contributed by atoms with Gasteiger partial charge in [-0.2, -0.15) is 0 Å². The van der Waals surface area contributed by atoms with Gasteiger partial charge in [0.05, 0.1) is 5.56 Å². The number of aliphatic imine (C=N–C) groups is 1. The molecule has 1 aliphatic rings. The van der Waals surface area contributed by atoms with Gasteiger partial charge < -0.3 is 20.8 Å². The van der Waals surface area contributed by atoms with Crippen LogP contribution in [0.3, 0.4) is 0 Å². The van der Waals surface area contributed by atoms with E-state index in [1.54, 1.807) is 0 Å². The maximum absolute atomic E-state index is 10.8. The molecule has 0 fully saturated rings. The quantitative estimate of drug-likeness (QED) is 0.603. The molecule has 1 heterocycles. The number of phenolic OH excluding ortho intramolecular Hbond substituents is 1. The highest BCUT2D eigenvalue weighted by molar-refractivity contribution is 5.96. The van der Waals surface area contributed by atoms with Crippen molar-refractivity contribution in [2.45, 2.75) is 0 Å². The summed E-state index contributed by atoms with van der Waals surface area (Å²) < 4.78 is 0. The van der Waals surface area contributed by atoms with E-state index in [9.17, 15) is 9.90 Å². The van der Waals surface area contributed by atoms with Gasteiger partial charge in [0.25, 0.3) is 0 Å². The van der Waals surface area contributed by atoms with Gasteiger partial charge >= 0.3 is 5.97 Å². The molecule has 0 bridgehead atoms. The molecule has 17 heavy (non-hydrogen) atoms. The van der Waals surface area contributed by atoms with Crippen molar-refractivity contribution in [2.24, 2.45) is 4.99 Å². The number of guanidine groups is 1. The molecule has 0 saturated carbocycles. The van der Waals surface area contributed by atoms with Crippen molar-refractivity contribution in [2.75, 3.05) is 18.4 Å². The summed E-state index contributed by atoms with van der Waals surface area (Å²) in [5.74, 6) is -0.624. The highest BCUT2D eigenvalue weighted by Gasteiger charge is 2.09. The Morgan fingerprint density at radius 2 is 2.24 bits per heavy atom. The van der Waals surface area contributed by atoms with Crippen molar-refractivity contribution in [1.29, 1.82) is 0 Å². The third-order valence-corrected chi connectivity index (χ3v) is 2.22. The number of benzene rings is 1. The van der Waals surface area contributed by atoms with E-state index in [-0.39, 0.29) is 11.3 Å². The van der Waals surface area contributed by atoms with Crippen molar-refractivity contribution in [3.63, 3.8) is 0 Å². The lowest BCUT2D eigenvalue weighted by atomic mass is 10.2. The summed E-state index contributed by atoms with van der Waals surface area (Å²) in [5, 5.41) is 24.2. The van der Waals surface area contributed by atoms with E-state index in [2.05, 4.69) is 15.6 Å². The maximum atomic E-state index is 10.8. The molecule has 1 aromatic rings. The second-order valence-corrected chi connectivity index (χ2v) is 3.56. The molecule has 4 N–H and O–H groups in total. The van der Waals surface area contributed by atoms with Gasteiger partial charge in [0.2, 0.25) is 0 Å². The number of carboxylic acid groups (broad SMARTS) is 1. The molecule has 1 radical (unpaired) electrons. The summed E-state index contributed by atoms with van der Waals surface area (Å²) in [7, 11) is 0. The van der Waals surface area contributed by atoms with Gasteiger partial charge in [-0.3, -0.25) is 4.99 Å². The molecular weight excluding hydrogens is 222 g/mol. The Morgan fingerprint density at radius 1 is 1.41 bits per heavy atom. The lowest BCUT2D eigenvalue weighted by Crippen LogP contribution is -2.35. The number of nitrogens with zero attached hydrogens (tertiary/aromatic N) is 1. The number of nitrogens with one attached hydrogen (secondary N) is 2. The first kappa shape index (κ1) is 11.3. The monoisotopic (exact) mass is 234 g/mol. The average molecular weight is 234 g/mol. The molecule has 6 heteroatoms. The number of rotatable bonds is 2. The van der Waals surface area contributed by atoms with E-state index in [1.807, 2.05) is 6.42 Å². The molecule has 1 aromatic carbocycles. The third kappa shape index (κ3) is 2.87. The van der Waals surface area contributed by atoms with Crippen LogP contribution in [0.25, 0.3) is 0 Å². The van der Waals surface area contributed by atoms with Crippen LogP contribution in [-0.2, 0) is 0 Å². The Hall–Kier alpha value is -2.24. The molecule has 6 nitrogen and oxygen atoms in total. The maximum Gasteiger partial charge on any atom is 0.335 e. The zero-order chi connectivity index (χ0) is 12.3. The second kappa shape index (κ2) is 4.73. The van der Waals surface area contributed by atoms with E-state index in [0.717, 1.165) is 0 Å². The number of phenols is 1. The van der Waals surface area contributed by atoms with Crippen LogP contribution in [0.1, 0.15) is 10.4 Å². The molecule has 0 unspecified atom stereocenters. The van der Waals surface area contributed by atoms with Crippen molar-refractivity contribution in [3.8, 4) is 5.75 Å². The Kier molecular flexibility index (Phi) is 3.13. The number of aromatic hydroxyl groups is 1. The Bertz CT molecular complexity index is 471. The van der Waals surface area contributed by atoms with Gasteiger partial charge in [-0.25, -0.2) is 4.79 Å². The fraction of sp³-hybridized carbons (Fsp3) is 0.182. The molecule has 0 amide bonds. The predicted octanol–water partition coefficient (Wildman–Crippen LogP) is 0.666. The fourth-order valence-electron chi connectivity index (χ4n) is 1.47. The number of hydrogen-bond donors (Lipinski definition) is 4. The number of carbonyl (C=O) groups is 1. The molecule has 0 aromatic heterocycles. The molecular formula is C11H12N3O3. The fourth-order valence-corrected chi connectivity index (χ4v) is 1.47. The number of hydrogen-bond acceptors (Lipinski definition) is 5. The van der Waals surface area contributed by atoms with Crippen LogP contribution in [0.2, 0.25) is 0 Å². The van der Waals surface area contributed by atoms with Crippen molar-refractivity contribution in [1.82, 2.24) is 5.32 Å². The van der Waals surface area contributed by atoms with Gasteiger partial charge in [0.1, 0.15) is 5.75 Å². The molecule has 89 valence electrons. The van der Waals surface area contributed by atoms with E-state index in [0.29, 0.717) is 24.7 Å². The zero-order valence-corrected chi connectivity index (χ0v) is 8.97. The average Bonchev–Trinajstić information content (AvgIpc) is 2.29. The molecule has 2 rings (SSSR count). The van der Waals surface area contributed by atoms with E-state index in [4.69, 9.17) is 5.11 Å². The minimum atomic E-state index is -1.09. The van der Waals surface area contributed by atoms with E-state index >= 15 is 0 Å². The van der Waals surface area contributed by atoms with Crippen LogP contribution in [-0.4, -0.2) is 35.2 Å². The van der Waals surface area contributed by atoms with Crippen molar-refractivity contribution in [3.05, 3.63) is 30.2 Å². The molecule has 0 saturated heterocycles. The van der Waals surface area contributed by atoms with Gasteiger partial charge in [-0.1, -0.05) is 0 Å². The summed E-state index contributed by atoms with van der Waals surface area (Å²) in [6, 6.07) is 4.07. The summed E-state index contributed by atoms with van der Waals surface area (Å²) in [6.07, 6.45) is 1.97.